The Morgan fingerprint density at radius 1 is 0.295 bits per heavy atom. The van der Waals surface area contributed by atoms with E-state index in [0.717, 1.165) is 141 Å². The van der Waals surface area contributed by atoms with Crippen molar-refractivity contribution in [3.63, 3.8) is 0 Å². The first-order chi connectivity index (χ1) is 46.2. The Morgan fingerprint density at radius 2 is 0.526 bits per heavy atom. The molecular weight excluding hydrogens is 1240 g/mol. The van der Waals surface area contributed by atoms with Crippen molar-refractivity contribution < 1.29 is 75.8 Å². The lowest BCUT2D eigenvalue weighted by Crippen LogP contribution is -2.30. The molecule has 95 heavy (non-hydrogen) atoms. The number of allylic oxidation sites excluding steroid dienone is 16. The minimum absolute atomic E-state index is 0.0916. The van der Waals surface area contributed by atoms with Gasteiger partial charge in [-0.3, -0.25) is 32.5 Å². The third-order valence-electron chi connectivity index (χ3n) is 15.8. The fourth-order valence-electron chi connectivity index (χ4n) is 9.97. The molecule has 0 bridgehead atoms. The van der Waals surface area contributed by atoms with Crippen LogP contribution >= 0.6 is 15.6 Å². The van der Waals surface area contributed by atoms with Gasteiger partial charge in [0.1, 0.15) is 25.4 Å². The van der Waals surface area contributed by atoms with Crippen molar-refractivity contribution in [2.45, 2.75) is 334 Å². The maximum Gasteiger partial charge on any atom is 0.472 e. The van der Waals surface area contributed by atoms with Crippen molar-refractivity contribution in [1.82, 2.24) is 0 Å². The maximum atomic E-state index is 12.9. The van der Waals surface area contributed by atoms with Gasteiger partial charge in [-0.25, -0.2) is 9.13 Å². The second-order valence-electron chi connectivity index (χ2n) is 25.1. The highest BCUT2D eigenvalue weighted by molar-refractivity contribution is 7.47. The zero-order valence-corrected chi connectivity index (χ0v) is 61.6. The fourth-order valence-corrected chi connectivity index (χ4v) is 11.6. The van der Waals surface area contributed by atoms with Crippen molar-refractivity contribution in [2.75, 3.05) is 39.6 Å². The van der Waals surface area contributed by atoms with Crippen molar-refractivity contribution >= 4 is 33.6 Å². The number of rotatable bonds is 71. The number of phosphoric acid groups is 2. The number of hydrogen-bond acceptors (Lipinski definition) is 14. The molecule has 0 aromatic rings. The molecule has 0 aliphatic rings. The van der Waals surface area contributed by atoms with Crippen molar-refractivity contribution in [3.8, 4) is 0 Å². The normalized spacial score (nSPS) is 14.6. The van der Waals surface area contributed by atoms with Crippen LogP contribution in [0.4, 0.5) is 0 Å². The van der Waals surface area contributed by atoms with E-state index >= 15 is 0 Å². The Hall–Kier alpha value is -3.53. The second kappa shape index (κ2) is 70.3. The highest BCUT2D eigenvalue weighted by Crippen LogP contribution is 2.45. The number of unbranched alkanes of at least 4 members (excludes halogenated alkanes) is 32. The summed E-state index contributed by atoms with van der Waals surface area (Å²) < 4.78 is 61.0. The predicted molar refractivity (Wildman–Crippen MR) is 390 cm³/mol. The van der Waals surface area contributed by atoms with Crippen LogP contribution in [0.15, 0.2) is 97.2 Å². The quantitative estimate of drug-likeness (QED) is 0.0146. The minimum atomic E-state index is -4.93. The van der Waals surface area contributed by atoms with Gasteiger partial charge >= 0.3 is 33.6 Å². The molecule has 0 aromatic heterocycles. The molecule has 0 aromatic carbocycles. The summed E-state index contributed by atoms with van der Waals surface area (Å²) in [5, 5.41) is 20.6. The number of esters is 3. The van der Waals surface area contributed by atoms with Crippen LogP contribution in [0.5, 0.6) is 0 Å². The van der Waals surface area contributed by atoms with Gasteiger partial charge in [-0.15, -0.1) is 0 Å². The molecule has 0 radical (unpaired) electrons. The number of carbonyl (C=O) groups excluding carboxylic acids is 3. The lowest BCUT2D eigenvalue weighted by atomic mass is 10.0. The lowest BCUT2D eigenvalue weighted by molar-refractivity contribution is -0.161. The summed E-state index contributed by atoms with van der Waals surface area (Å²) in [6.07, 6.45) is 78.8. The summed E-state index contributed by atoms with van der Waals surface area (Å²) >= 11 is 0. The molecule has 0 heterocycles. The molecule has 16 nitrogen and oxygen atoms in total. The molecule has 4 N–H and O–H groups in total. The molecule has 0 amide bonds. The monoisotopic (exact) mass is 1380 g/mol. The van der Waals surface area contributed by atoms with Gasteiger partial charge in [0.15, 0.2) is 6.10 Å². The van der Waals surface area contributed by atoms with Crippen LogP contribution in [-0.4, -0.2) is 95.9 Å². The van der Waals surface area contributed by atoms with Crippen LogP contribution in [0.25, 0.3) is 0 Å². The molecule has 5 atom stereocenters. The average molecular weight is 1380 g/mol. The third-order valence-corrected chi connectivity index (χ3v) is 17.7. The summed E-state index contributed by atoms with van der Waals surface area (Å²) in [5.41, 5.74) is 0. The topological polar surface area (TPSA) is 231 Å². The van der Waals surface area contributed by atoms with Crippen molar-refractivity contribution in [3.05, 3.63) is 97.2 Å². The van der Waals surface area contributed by atoms with Gasteiger partial charge in [0, 0.05) is 19.3 Å². The summed E-state index contributed by atoms with van der Waals surface area (Å²) in [6.45, 7) is 2.59. The Balaban J connectivity index is 4.52. The molecule has 18 heteroatoms. The highest BCUT2D eigenvalue weighted by atomic mass is 31.2. The summed E-state index contributed by atoms with van der Waals surface area (Å²) in [6, 6.07) is 0. The van der Waals surface area contributed by atoms with Gasteiger partial charge in [0.2, 0.25) is 0 Å². The Kier molecular flexibility index (Phi) is 67.7. The van der Waals surface area contributed by atoms with Gasteiger partial charge in [-0.05, 0) is 128 Å². The standard InChI is InChI=1S/C77H136O16P2/c1-4-7-10-13-16-19-22-25-27-29-31-32-33-34-35-36-37-38-40-42-43-46-48-51-54-57-60-63-75(80)87-66-72(78)67-89-94(83,84)90-68-73(79)69-91-95(85,86)92-71-74(93-77(82)65-62-59-56-53-50-45-24-21-18-15-12-9-6-3)70-88-76(81)64-61-58-55-52-49-47-44-41-39-30-28-26-23-20-17-14-11-8-5-2/h16-17,19-21,24-28,31-32,34-35,39,41,72-74,78-79H,4-15,18,22-23,29-30,33,36-38,40,42-71H2,1-3H3,(H,83,84)(H,85,86)/b19-16-,20-17-,24-21-,27-25-,28-26-,32-31-,35-34-,41-39-. The van der Waals surface area contributed by atoms with Gasteiger partial charge in [-0.1, -0.05) is 266 Å². The maximum absolute atomic E-state index is 12.9. The number of hydrogen-bond donors (Lipinski definition) is 4. The molecule has 0 spiro atoms. The molecule has 0 saturated carbocycles. The Morgan fingerprint density at radius 3 is 0.863 bits per heavy atom. The number of phosphoric ester groups is 2. The van der Waals surface area contributed by atoms with Crippen LogP contribution in [0.2, 0.25) is 0 Å². The zero-order valence-electron chi connectivity index (χ0n) is 59.8. The smallest absolute Gasteiger partial charge is 0.463 e. The summed E-state index contributed by atoms with van der Waals surface area (Å²) in [4.78, 5) is 58.5. The van der Waals surface area contributed by atoms with E-state index in [2.05, 4.69) is 118 Å². The first-order valence-electron chi connectivity index (χ1n) is 37.5. The molecule has 5 unspecified atom stereocenters. The fraction of sp³-hybridized carbons (Fsp3) is 0.753. The predicted octanol–water partition coefficient (Wildman–Crippen LogP) is 21.4. The van der Waals surface area contributed by atoms with Gasteiger partial charge in [-0.2, -0.15) is 0 Å². The van der Waals surface area contributed by atoms with Crippen LogP contribution in [0.3, 0.4) is 0 Å². The molecule has 0 rings (SSSR count). The summed E-state index contributed by atoms with van der Waals surface area (Å²) in [5.74, 6) is -1.60. The Bertz CT molecular complexity index is 2120. The lowest BCUT2D eigenvalue weighted by Gasteiger charge is -2.21. The van der Waals surface area contributed by atoms with Gasteiger partial charge in [0.25, 0.3) is 0 Å². The van der Waals surface area contributed by atoms with Crippen molar-refractivity contribution in [1.29, 1.82) is 0 Å². The minimum Gasteiger partial charge on any atom is -0.463 e. The summed E-state index contributed by atoms with van der Waals surface area (Å²) in [7, 11) is -9.78. The Labute approximate surface area is 578 Å². The molecule has 0 saturated heterocycles. The van der Waals surface area contributed by atoms with Crippen molar-refractivity contribution in [2.24, 2.45) is 0 Å². The van der Waals surface area contributed by atoms with Gasteiger partial charge < -0.3 is 34.2 Å². The first kappa shape index (κ1) is 91.5. The third kappa shape index (κ3) is 71.6. The largest absolute Gasteiger partial charge is 0.472 e. The van der Waals surface area contributed by atoms with Crippen LogP contribution in [-0.2, 0) is 55.8 Å². The highest BCUT2D eigenvalue weighted by Gasteiger charge is 2.29. The van der Waals surface area contributed by atoms with E-state index < -0.39 is 91.5 Å². The number of ether oxygens (including phenoxy) is 3. The zero-order chi connectivity index (χ0) is 69.5. The van der Waals surface area contributed by atoms with E-state index in [1.807, 2.05) is 0 Å². The molecule has 550 valence electrons. The number of aliphatic hydroxyl groups excluding tert-OH is 2. The second-order valence-corrected chi connectivity index (χ2v) is 28.0. The number of carbonyl (C=O) groups is 3. The molecule has 0 aliphatic heterocycles. The van der Waals surface area contributed by atoms with Crippen LogP contribution in [0, 0.1) is 0 Å². The van der Waals surface area contributed by atoms with E-state index in [9.17, 15) is 43.5 Å². The SMILES string of the molecule is CCCCC/C=C\C/C=C\C/C=C\C/C=C\CCCCCCCCCCCCCC(=O)OCC(O)COP(=O)(O)OCC(O)COP(=O)(O)OCC(COC(=O)CCCCCCCC/C=C\C/C=C\C/C=C\CCCCC)OC(=O)CCCCCCC/C=C\CCCCCC. The first-order valence-corrected chi connectivity index (χ1v) is 40.5. The van der Waals surface area contributed by atoms with E-state index in [-0.39, 0.29) is 19.3 Å². The molecular formula is C77H136O16P2. The van der Waals surface area contributed by atoms with E-state index in [4.69, 9.17) is 32.3 Å². The molecule has 0 fully saturated rings. The molecule has 0 aliphatic carbocycles. The van der Waals surface area contributed by atoms with E-state index in [1.165, 1.54) is 116 Å². The average Bonchev–Trinajstić information content (AvgIpc) is 1.81. The van der Waals surface area contributed by atoms with E-state index in [1.54, 1.807) is 0 Å². The van der Waals surface area contributed by atoms with Gasteiger partial charge in [0.05, 0.1) is 26.4 Å². The van der Waals surface area contributed by atoms with Crippen LogP contribution < -0.4 is 0 Å². The van der Waals surface area contributed by atoms with E-state index in [0.29, 0.717) is 19.3 Å². The van der Waals surface area contributed by atoms with Crippen LogP contribution in [0.1, 0.15) is 316 Å². The number of aliphatic hydroxyl groups is 2.